The van der Waals surface area contributed by atoms with E-state index >= 15 is 0 Å². The summed E-state index contributed by atoms with van der Waals surface area (Å²) in [5.74, 6) is -0.0440. The van der Waals surface area contributed by atoms with E-state index in [-0.39, 0.29) is 45.9 Å². The van der Waals surface area contributed by atoms with Gasteiger partial charge in [0, 0.05) is 51.7 Å². The van der Waals surface area contributed by atoms with E-state index in [4.69, 9.17) is 24.7 Å². The van der Waals surface area contributed by atoms with Crippen molar-refractivity contribution < 1.29 is 43.3 Å². The van der Waals surface area contributed by atoms with Gasteiger partial charge in [-0.2, -0.15) is 0 Å². The minimum atomic E-state index is -0.882. The van der Waals surface area contributed by atoms with Crippen LogP contribution in [0, 0.1) is 10.8 Å². The second kappa shape index (κ2) is 19.0. The number of rotatable bonds is 7. The minimum absolute atomic E-state index is 0.0266. The number of urea groups is 2. The summed E-state index contributed by atoms with van der Waals surface area (Å²) in [4.78, 5) is 56.0. The van der Waals surface area contributed by atoms with Crippen molar-refractivity contribution >= 4 is 35.6 Å². The highest BCUT2D eigenvalue weighted by molar-refractivity contribution is 6.16. The lowest BCUT2D eigenvalue weighted by molar-refractivity contribution is -0.282. The Morgan fingerprint density at radius 1 is 0.846 bits per heavy atom. The molecule has 0 spiro atoms. The highest BCUT2D eigenvalue weighted by Gasteiger charge is 2.32. The maximum atomic E-state index is 11.6. The molecule has 0 atom stereocenters. The molecular formula is C26H46N4O9. The number of Topliss-reactive ketones (excluding diaryl/α,β-unsaturated/α-hetero) is 3. The summed E-state index contributed by atoms with van der Waals surface area (Å²) in [6.45, 7) is 14.8. The van der Waals surface area contributed by atoms with Crippen LogP contribution in [0.2, 0.25) is 0 Å². The van der Waals surface area contributed by atoms with Gasteiger partial charge >= 0.3 is 12.1 Å². The van der Waals surface area contributed by atoms with E-state index in [0.717, 1.165) is 6.21 Å². The molecule has 0 saturated heterocycles. The minimum Gasteiger partial charge on any atom is -0.511 e. The monoisotopic (exact) mass is 558 g/mol. The van der Waals surface area contributed by atoms with Crippen molar-refractivity contribution in [1.82, 2.24) is 0 Å². The van der Waals surface area contributed by atoms with Gasteiger partial charge in [-0.3, -0.25) is 14.4 Å². The number of ketones is 3. The number of carbonyl (C=O) groups excluding carboxylic acids is 5. The molecule has 13 heteroatoms. The largest absolute Gasteiger partial charge is 0.511 e. The van der Waals surface area contributed by atoms with Gasteiger partial charge in [-0.15, -0.1) is 0 Å². The van der Waals surface area contributed by atoms with Gasteiger partial charge < -0.3 is 36.5 Å². The average Bonchev–Trinajstić information content (AvgIpc) is 2.71. The van der Waals surface area contributed by atoms with Crippen LogP contribution in [0.3, 0.4) is 0 Å². The third kappa shape index (κ3) is 20.5. The van der Waals surface area contributed by atoms with Gasteiger partial charge in [-0.25, -0.2) is 14.6 Å². The molecule has 224 valence electrons. The van der Waals surface area contributed by atoms with Crippen molar-refractivity contribution in [3.05, 3.63) is 11.3 Å². The third-order valence-corrected chi connectivity index (χ3v) is 4.87. The van der Waals surface area contributed by atoms with Crippen molar-refractivity contribution in [2.75, 3.05) is 19.8 Å². The van der Waals surface area contributed by atoms with Gasteiger partial charge in [0.15, 0.2) is 5.78 Å². The van der Waals surface area contributed by atoms with Crippen molar-refractivity contribution in [2.45, 2.75) is 87.0 Å². The molecule has 4 amide bonds. The number of hydrogen-bond donors (Lipinski definition) is 4. The molecule has 0 aromatic rings. The van der Waals surface area contributed by atoms with Crippen LogP contribution >= 0.6 is 0 Å². The number of allylic oxidation sites excluding steroid dienone is 2. The zero-order valence-corrected chi connectivity index (χ0v) is 24.2. The Labute approximate surface area is 230 Å². The Morgan fingerprint density at radius 2 is 1.23 bits per heavy atom. The van der Waals surface area contributed by atoms with Gasteiger partial charge in [0.2, 0.25) is 0 Å². The average molecular weight is 559 g/mol. The van der Waals surface area contributed by atoms with Crippen LogP contribution in [0.1, 0.15) is 80.6 Å². The number of nitrogens with two attached hydrogens (primary N) is 3. The summed E-state index contributed by atoms with van der Waals surface area (Å²) in [6.07, 6.45) is 3.08. The van der Waals surface area contributed by atoms with Gasteiger partial charge in [0.1, 0.15) is 17.3 Å². The number of ether oxygens (including phenoxy) is 3. The fourth-order valence-electron chi connectivity index (χ4n) is 3.60. The van der Waals surface area contributed by atoms with Crippen molar-refractivity contribution in [2.24, 2.45) is 33.0 Å². The number of primary amides is 3. The highest BCUT2D eigenvalue weighted by Crippen LogP contribution is 2.35. The lowest BCUT2D eigenvalue weighted by atomic mass is 9.76. The summed E-state index contributed by atoms with van der Waals surface area (Å²) in [5, 5.41) is 9.60. The van der Waals surface area contributed by atoms with Crippen molar-refractivity contribution in [3.8, 4) is 0 Å². The number of amides is 4. The molecule has 0 aromatic heterocycles. The van der Waals surface area contributed by atoms with Gasteiger partial charge in [-0.1, -0.05) is 27.7 Å². The summed E-state index contributed by atoms with van der Waals surface area (Å²) in [6, 6.07) is -1.71. The Morgan fingerprint density at radius 3 is 1.54 bits per heavy atom. The van der Waals surface area contributed by atoms with Crippen molar-refractivity contribution in [3.63, 3.8) is 0 Å². The second-order valence-electron chi connectivity index (χ2n) is 10.2. The molecule has 2 aliphatic carbocycles. The van der Waals surface area contributed by atoms with Gasteiger partial charge in [0.25, 0.3) is 6.48 Å². The fourth-order valence-corrected chi connectivity index (χ4v) is 3.60. The molecule has 0 aliphatic heterocycles. The van der Waals surface area contributed by atoms with E-state index in [9.17, 15) is 24.3 Å². The Bertz CT molecular complexity index is 860. The van der Waals surface area contributed by atoms with Crippen LogP contribution in [-0.4, -0.2) is 67.0 Å². The van der Waals surface area contributed by atoms with Crippen LogP contribution in [0.25, 0.3) is 0 Å². The van der Waals surface area contributed by atoms with Gasteiger partial charge in [-0.05, 0) is 31.6 Å². The van der Waals surface area contributed by atoms with Crippen LogP contribution in [0.5, 0.6) is 0 Å². The molecular weight excluding hydrogens is 512 g/mol. The molecule has 0 heterocycles. The summed E-state index contributed by atoms with van der Waals surface area (Å²) >= 11 is 0. The van der Waals surface area contributed by atoms with Crippen molar-refractivity contribution in [1.29, 1.82) is 0 Å². The maximum Gasteiger partial charge on any atom is 0.338 e. The van der Waals surface area contributed by atoms with E-state index in [0.29, 0.717) is 45.5 Å². The highest BCUT2D eigenvalue weighted by atomic mass is 16.8. The first kappa shape index (κ1) is 38.0. The normalized spacial score (nSPS) is 17.9. The van der Waals surface area contributed by atoms with Crippen LogP contribution in [0.4, 0.5) is 9.59 Å². The first-order valence-corrected chi connectivity index (χ1v) is 12.6. The molecule has 2 aliphatic rings. The maximum absolute atomic E-state index is 11.6. The first-order valence-electron chi connectivity index (χ1n) is 12.6. The zero-order chi connectivity index (χ0) is 30.8. The van der Waals surface area contributed by atoms with Gasteiger partial charge in [0.05, 0.1) is 12.0 Å². The number of nitrogens with zero attached hydrogens (tertiary/aromatic N) is 1. The smallest absolute Gasteiger partial charge is 0.338 e. The second-order valence-corrected chi connectivity index (χ2v) is 10.2. The summed E-state index contributed by atoms with van der Waals surface area (Å²) < 4.78 is 15.2. The molecule has 0 bridgehead atoms. The molecule has 0 aromatic carbocycles. The summed E-state index contributed by atoms with van der Waals surface area (Å²) in [7, 11) is 0. The van der Waals surface area contributed by atoms with E-state index in [1.807, 2.05) is 48.5 Å². The molecule has 13 nitrogen and oxygen atoms in total. The molecule has 1 saturated carbocycles. The lowest BCUT2D eigenvalue weighted by Crippen LogP contribution is -2.28. The Kier molecular flexibility index (Phi) is 18.5. The lowest BCUT2D eigenvalue weighted by Gasteiger charge is -2.28. The topological polar surface area (TPSA) is 224 Å². The van der Waals surface area contributed by atoms with Crippen LogP contribution in [0.15, 0.2) is 16.3 Å². The number of hydrogen-bond acceptors (Lipinski definition) is 9. The SMILES string of the molecule is CC1(C)CC(=O)C(C=NC(N)=O)=C(O)C1.CC1(C)CC(=O)CC(=O)C1.CCOC(OCC)OCC.NC(N)=O. The number of aliphatic hydroxyl groups is 1. The third-order valence-electron chi connectivity index (χ3n) is 4.87. The summed E-state index contributed by atoms with van der Waals surface area (Å²) in [5.41, 5.74) is 13.1. The zero-order valence-electron chi connectivity index (χ0n) is 24.2. The molecule has 0 unspecified atom stereocenters. The number of aliphatic imine (C=N–C) groups is 1. The Hall–Kier alpha value is -3.16. The Balaban J connectivity index is 0. The van der Waals surface area contributed by atoms with E-state index in [1.54, 1.807) is 0 Å². The standard InChI is InChI=1S/C10H14N2O3.C8H12O2.C7H16O3.CH4N2O/c1-10(2)3-7(13)6(8(14)4-10)5-12-9(11)15;1-8(2)4-6(9)3-7(10)5-8;1-4-8-7(9-5-2)10-6-3;2-1(3)4/h5,13H,3-4H2,1-2H3,(H2,11,15);3-5H2,1-2H3;7H,4-6H2,1-3H3;(H4,2,3,4). The van der Waals surface area contributed by atoms with E-state index in [2.05, 4.69) is 16.5 Å². The number of aliphatic hydroxyl groups excluding tert-OH is 1. The molecule has 0 radical (unpaired) electrons. The van der Waals surface area contributed by atoms with Crippen LogP contribution in [-0.2, 0) is 28.6 Å². The molecule has 2 rings (SSSR count). The molecule has 7 N–H and O–H groups in total. The van der Waals surface area contributed by atoms with E-state index in [1.165, 1.54) is 0 Å². The predicted molar refractivity (Wildman–Crippen MR) is 146 cm³/mol. The van der Waals surface area contributed by atoms with E-state index < -0.39 is 18.5 Å². The molecule has 1 fully saturated rings. The predicted octanol–water partition coefficient (Wildman–Crippen LogP) is 3.08. The fraction of sp³-hybridized carbons (Fsp3) is 0.692. The van der Waals surface area contributed by atoms with Crippen LogP contribution < -0.4 is 17.2 Å². The number of carbonyl (C=O) groups is 5. The molecule has 39 heavy (non-hydrogen) atoms. The quantitative estimate of drug-likeness (QED) is 0.204. The first-order chi connectivity index (χ1) is 17.9.